The van der Waals surface area contributed by atoms with Crippen LogP contribution in [-0.4, -0.2) is 48.2 Å². The molecule has 0 aromatic rings. The van der Waals surface area contributed by atoms with E-state index in [9.17, 15) is 9.59 Å². The highest BCUT2D eigenvalue weighted by Crippen LogP contribution is 1.98. The van der Waals surface area contributed by atoms with Gasteiger partial charge in [-0.05, 0) is 6.92 Å². The minimum absolute atomic E-state index is 0.0733. The molecule has 0 rings (SSSR count). The fraction of sp³-hybridized carbons (Fsp3) is 0.455. The molecule has 5 heteroatoms. The highest BCUT2D eigenvalue weighted by atomic mass is 16.5. The summed E-state index contributed by atoms with van der Waals surface area (Å²) in [5.74, 6) is -0.796. The molecular weight excluding hydrogens is 210 g/mol. The molecule has 0 aliphatic rings. The molecule has 0 aliphatic carbocycles. The lowest BCUT2D eigenvalue weighted by atomic mass is 10.3. The highest BCUT2D eigenvalue weighted by Gasteiger charge is 2.13. The molecule has 0 aliphatic heterocycles. The van der Waals surface area contributed by atoms with Gasteiger partial charge < -0.3 is 14.7 Å². The summed E-state index contributed by atoms with van der Waals surface area (Å²) in [6.45, 7) is 8.70. The molecular formula is C11H17NO4. The molecule has 0 heterocycles. The summed E-state index contributed by atoms with van der Waals surface area (Å²) >= 11 is 0. The third-order valence-corrected chi connectivity index (χ3v) is 1.79. The van der Waals surface area contributed by atoms with E-state index < -0.39 is 5.97 Å². The Morgan fingerprint density at radius 2 is 2.06 bits per heavy atom. The van der Waals surface area contributed by atoms with Crippen molar-refractivity contribution in [3.63, 3.8) is 0 Å². The van der Waals surface area contributed by atoms with Gasteiger partial charge in [-0.1, -0.05) is 13.2 Å². The molecule has 0 radical (unpaired) electrons. The van der Waals surface area contributed by atoms with Crippen LogP contribution in [0.15, 0.2) is 24.8 Å². The second-order valence-electron chi connectivity index (χ2n) is 3.17. The second kappa shape index (κ2) is 7.64. The van der Waals surface area contributed by atoms with Crippen molar-refractivity contribution in [2.45, 2.75) is 6.92 Å². The zero-order valence-corrected chi connectivity index (χ0v) is 9.44. The van der Waals surface area contributed by atoms with E-state index in [1.165, 1.54) is 4.90 Å². The van der Waals surface area contributed by atoms with Crippen LogP contribution in [0.2, 0.25) is 0 Å². The summed E-state index contributed by atoms with van der Waals surface area (Å²) in [7, 11) is 0. The fourth-order valence-corrected chi connectivity index (χ4v) is 1.02. The number of rotatable bonds is 7. The Morgan fingerprint density at radius 3 is 2.50 bits per heavy atom. The standard InChI is InChI=1S/C11H17NO4/c1-4-10(14)16-8-6-12(5-7-13)11(15)9(2)3/h4,13H,1-2,5-8H2,3H3. The quantitative estimate of drug-likeness (QED) is 0.495. The predicted octanol–water partition coefficient (Wildman–Crippen LogP) is 0.113. The van der Waals surface area contributed by atoms with Gasteiger partial charge in [-0.25, -0.2) is 4.79 Å². The van der Waals surface area contributed by atoms with Gasteiger partial charge in [0.25, 0.3) is 0 Å². The molecule has 0 aromatic heterocycles. The van der Waals surface area contributed by atoms with Gasteiger partial charge in [0, 0.05) is 18.2 Å². The number of hydrogen-bond donors (Lipinski definition) is 1. The molecule has 90 valence electrons. The van der Waals surface area contributed by atoms with E-state index in [0.29, 0.717) is 5.57 Å². The van der Waals surface area contributed by atoms with E-state index in [2.05, 4.69) is 13.2 Å². The molecule has 1 amide bonds. The molecule has 0 saturated carbocycles. The average molecular weight is 227 g/mol. The predicted molar refractivity (Wildman–Crippen MR) is 59.6 cm³/mol. The molecule has 0 unspecified atom stereocenters. The normalized spacial score (nSPS) is 9.38. The van der Waals surface area contributed by atoms with Crippen molar-refractivity contribution in [3.8, 4) is 0 Å². The zero-order valence-electron chi connectivity index (χ0n) is 9.44. The first-order valence-corrected chi connectivity index (χ1v) is 4.87. The summed E-state index contributed by atoms with van der Waals surface area (Å²) in [4.78, 5) is 23.7. The lowest BCUT2D eigenvalue weighted by molar-refractivity contribution is -0.140. The smallest absolute Gasteiger partial charge is 0.330 e. The number of hydrogen-bond acceptors (Lipinski definition) is 4. The van der Waals surface area contributed by atoms with E-state index in [1.807, 2.05) is 0 Å². The third-order valence-electron chi connectivity index (χ3n) is 1.79. The van der Waals surface area contributed by atoms with Gasteiger partial charge >= 0.3 is 5.97 Å². The van der Waals surface area contributed by atoms with Crippen molar-refractivity contribution in [2.24, 2.45) is 0 Å². The van der Waals surface area contributed by atoms with Gasteiger partial charge in [0.2, 0.25) is 5.91 Å². The molecule has 0 bridgehead atoms. The van der Waals surface area contributed by atoms with Gasteiger partial charge in [-0.2, -0.15) is 0 Å². The number of aliphatic hydroxyl groups is 1. The SMILES string of the molecule is C=CC(=O)OCCN(CCO)C(=O)C(=C)C. The molecule has 0 spiro atoms. The maximum Gasteiger partial charge on any atom is 0.330 e. The van der Waals surface area contributed by atoms with Crippen molar-refractivity contribution < 1.29 is 19.4 Å². The summed E-state index contributed by atoms with van der Waals surface area (Å²) in [5, 5.41) is 8.77. The Hall–Kier alpha value is -1.62. The fourth-order valence-electron chi connectivity index (χ4n) is 1.02. The van der Waals surface area contributed by atoms with E-state index in [4.69, 9.17) is 9.84 Å². The van der Waals surface area contributed by atoms with E-state index >= 15 is 0 Å². The van der Waals surface area contributed by atoms with Crippen molar-refractivity contribution >= 4 is 11.9 Å². The van der Waals surface area contributed by atoms with Gasteiger partial charge in [-0.15, -0.1) is 0 Å². The maximum absolute atomic E-state index is 11.5. The van der Waals surface area contributed by atoms with Crippen LogP contribution in [0.3, 0.4) is 0 Å². The molecule has 0 fully saturated rings. The van der Waals surface area contributed by atoms with E-state index in [-0.39, 0.29) is 32.2 Å². The van der Waals surface area contributed by atoms with Crippen LogP contribution in [0.1, 0.15) is 6.92 Å². The van der Waals surface area contributed by atoms with Crippen LogP contribution in [0, 0.1) is 0 Å². The van der Waals surface area contributed by atoms with Crippen molar-refractivity contribution in [1.82, 2.24) is 4.90 Å². The summed E-state index contributed by atoms with van der Waals surface area (Å²) in [6.07, 6.45) is 1.05. The van der Waals surface area contributed by atoms with Crippen LogP contribution in [0.25, 0.3) is 0 Å². The number of aliphatic hydroxyl groups excluding tert-OH is 1. The topological polar surface area (TPSA) is 66.8 Å². The van der Waals surface area contributed by atoms with Crippen LogP contribution in [0.4, 0.5) is 0 Å². The monoisotopic (exact) mass is 227 g/mol. The van der Waals surface area contributed by atoms with E-state index in [0.717, 1.165) is 6.08 Å². The molecule has 16 heavy (non-hydrogen) atoms. The highest BCUT2D eigenvalue weighted by molar-refractivity contribution is 5.92. The summed E-state index contributed by atoms with van der Waals surface area (Å²) < 4.78 is 4.74. The first kappa shape index (κ1) is 14.4. The first-order valence-electron chi connectivity index (χ1n) is 4.87. The lowest BCUT2D eigenvalue weighted by Gasteiger charge is -2.21. The summed E-state index contributed by atoms with van der Waals surface area (Å²) in [6, 6.07) is 0. The van der Waals surface area contributed by atoms with Crippen molar-refractivity contribution in [2.75, 3.05) is 26.3 Å². The van der Waals surface area contributed by atoms with Crippen LogP contribution in [0.5, 0.6) is 0 Å². The lowest BCUT2D eigenvalue weighted by Crippen LogP contribution is -2.36. The number of amides is 1. The number of ether oxygens (including phenoxy) is 1. The number of carbonyl (C=O) groups excluding carboxylic acids is 2. The molecule has 5 nitrogen and oxygen atoms in total. The van der Waals surface area contributed by atoms with Gasteiger partial charge in [0.15, 0.2) is 0 Å². The number of nitrogens with zero attached hydrogens (tertiary/aromatic N) is 1. The number of carbonyl (C=O) groups is 2. The Kier molecular flexibility index (Phi) is 6.87. The zero-order chi connectivity index (χ0) is 12.6. The van der Waals surface area contributed by atoms with Crippen LogP contribution < -0.4 is 0 Å². The van der Waals surface area contributed by atoms with Crippen molar-refractivity contribution in [3.05, 3.63) is 24.8 Å². The second-order valence-corrected chi connectivity index (χ2v) is 3.17. The Labute approximate surface area is 95.0 Å². The number of esters is 1. The maximum atomic E-state index is 11.5. The van der Waals surface area contributed by atoms with Gasteiger partial charge in [0.05, 0.1) is 13.2 Å². The Bertz CT molecular complexity index is 286. The van der Waals surface area contributed by atoms with Crippen LogP contribution in [-0.2, 0) is 14.3 Å². The minimum atomic E-state index is -0.535. The molecule has 0 aromatic carbocycles. The Balaban J connectivity index is 4.13. The van der Waals surface area contributed by atoms with Crippen LogP contribution >= 0.6 is 0 Å². The minimum Gasteiger partial charge on any atom is -0.461 e. The largest absolute Gasteiger partial charge is 0.461 e. The third kappa shape index (κ3) is 5.31. The van der Waals surface area contributed by atoms with E-state index in [1.54, 1.807) is 6.92 Å². The first-order chi connectivity index (χ1) is 7.52. The summed E-state index contributed by atoms with van der Waals surface area (Å²) in [5.41, 5.74) is 0.378. The van der Waals surface area contributed by atoms with Gasteiger partial charge in [-0.3, -0.25) is 4.79 Å². The van der Waals surface area contributed by atoms with Gasteiger partial charge in [0.1, 0.15) is 6.61 Å². The molecule has 1 N–H and O–H groups in total. The molecule has 0 atom stereocenters. The average Bonchev–Trinajstić information content (AvgIpc) is 2.26. The van der Waals surface area contributed by atoms with Crippen molar-refractivity contribution in [1.29, 1.82) is 0 Å². The molecule has 0 saturated heterocycles. The Morgan fingerprint density at radius 1 is 1.44 bits per heavy atom.